The molecule has 0 radical (unpaired) electrons. The number of hydrogen-bond acceptors (Lipinski definition) is 4. The van der Waals surface area contributed by atoms with Gasteiger partial charge in [-0.25, -0.2) is 0 Å². The zero-order chi connectivity index (χ0) is 14.1. The van der Waals surface area contributed by atoms with Crippen molar-refractivity contribution >= 4 is 12.6 Å². The predicted molar refractivity (Wildman–Crippen MR) is 73.9 cm³/mol. The molecule has 0 N–H and O–H groups in total. The first-order valence-electron chi connectivity index (χ1n) is 6.54. The molecule has 0 saturated carbocycles. The van der Waals surface area contributed by atoms with Gasteiger partial charge in [0.05, 0.1) is 17.3 Å². The minimum absolute atomic E-state index is 0.361. The predicted octanol–water partition coefficient (Wildman–Crippen LogP) is 1.84. The number of aryl methyl sites for hydroxylation is 1. The molecule has 2 rings (SSSR count). The van der Waals surface area contributed by atoms with Gasteiger partial charge in [-0.05, 0) is 33.8 Å². The summed E-state index contributed by atoms with van der Waals surface area (Å²) in [4.78, 5) is 4.35. The van der Waals surface area contributed by atoms with E-state index >= 15 is 0 Å². The van der Waals surface area contributed by atoms with Crippen molar-refractivity contribution in [2.24, 2.45) is 0 Å². The highest BCUT2D eigenvalue weighted by atomic mass is 16.7. The molecule has 0 amide bonds. The Balaban J connectivity index is 2.27. The molecule has 5 heteroatoms. The van der Waals surface area contributed by atoms with Crippen molar-refractivity contribution in [1.82, 2.24) is 4.98 Å². The van der Waals surface area contributed by atoms with E-state index in [1.165, 1.54) is 0 Å². The Bertz CT molecular complexity index is 492. The molecular weight excluding hydrogens is 239 g/mol. The van der Waals surface area contributed by atoms with Crippen molar-refractivity contribution in [2.75, 3.05) is 0 Å². The molecular formula is C14H19BN2O2. The summed E-state index contributed by atoms with van der Waals surface area (Å²) in [5, 5.41) is 8.71. The van der Waals surface area contributed by atoms with Gasteiger partial charge in [0.1, 0.15) is 0 Å². The first kappa shape index (κ1) is 14.0. The van der Waals surface area contributed by atoms with Gasteiger partial charge in [0.15, 0.2) is 0 Å². The third kappa shape index (κ3) is 2.65. The van der Waals surface area contributed by atoms with Crippen LogP contribution in [0.1, 0.15) is 39.8 Å². The van der Waals surface area contributed by atoms with Gasteiger partial charge in [0.25, 0.3) is 0 Å². The van der Waals surface area contributed by atoms with Crippen LogP contribution in [0.2, 0.25) is 0 Å². The largest absolute Gasteiger partial charge is 0.496 e. The maximum atomic E-state index is 8.71. The molecule has 0 unspecified atom stereocenters. The fourth-order valence-electron chi connectivity index (χ4n) is 2.02. The van der Waals surface area contributed by atoms with Gasteiger partial charge in [0.2, 0.25) is 0 Å². The quantitative estimate of drug-likeness (QED) is 0.776. The Morgan fingerprint density at radius 2 is 1.89 bits per heavy atom. The Morgan fingerprint density at radius 3 is 2.47 bits per heavy atom. The number of hydrogen-bond donors (Lipinski definition) is 0. The van der Waals surface area contributed by atoms with E-state index in [1.54, 1.807) is 6.20 Å². The second-order valence-corrected chi connectivity index (χ2v) is 5.79. The van der Waals surface area contributed by atoms with Gasteiger partial charge in [-0.15, -0.1) is 0 Å². The van der Waals surface area contributed by atoms with Gasteiger partial charge >= 0.3 is 7.12 Å². The molecule has 1 aromatic heterocycles. The molecule has 0 spiro atoms. The fourth-order valence-corrected chi connectivity index (χ4v) is 2.02. The lowest BCUT2D eigenvalue weighted by Crippen LogP contribution is -2.41. The van der Waals surface area contributed by atoms with Crippen molar-refractivity contribution in [2.45, 2.75) is 51.7 Å². The number of aromatic nitrogens is 1. The normalized spacial score (nSPS) is 20.3. The van der Waals surface area contributed by atoms with E-state index in [2.05, 4.69) is 11.1 Å². The lowest BCUT2D eigenvalue weighted by molar-refractivity contribution is 0.00578. The third-order valence-electron chi connectivity index (χ3n) is 3.91. The van der Waals surface area contributed by atoms with E-state index in [4.69, 9.17) is 14.6 Å². The van der Waals surface area contributed by atoms with Crippen LogP contribution in [-0.4, -0.2) is 23.3 Å². The second kappa shape index (κ2) is 4.95. The highest BCUT2D eigenvalue weighted by Crippen LogP contribution is 2.36. The average Bonchev–Trinajstić information content (AvgIpc) is 2.56. The summed E-state index contributed by atoms with van der Waals surface area (Å²) in [7, 11) is -0.410. The van der Waals surface area contributed by atoms with Crippen LogP contribution in [0, 0.1) is 11.3 Å². The number of nitriles is 1. The molecule has 0 aromatic carbocycles. The van der Waals surface area contributed by atoms with Gasteiger partial charge in [-0.3, -0.25) is 4.98 Å². The first-order chi connectivity index (χ1) is 8.87. The van der Waals surface area contributed by atoms with E-state index in [-0.39, 0.29) is 11.2 Å². The summed E-state index contributed by atoms with van der Waals surface area (Å²) >= 11 is 0. The van der Waals surface area contributed by atoms with Crippen LogP contribution in [0.25, 0.3) is 0 Å². The van der Waals surface area contributed by atoms with Crippen LogP contribution in [0.3, 0.4) is 0 Å². The van der Waals surface area contributed by atoms with Crippen LogP contribution in [-0.2, 0) is 15.7 Å². The van der Waals surface area contributed by atoms with Crippen molar-refractivity contribution < 1.29 is 9.31 Å². The van der Waals surface area contributed by atoms with Gasteiger partial charge in [-0.2, -0.15) is 5.26 Å². The molecule has 0 aliphatic carbocycles. The molecule has 4 nitrogen and oxygen atoms in total. The van der Waals surface area contributed by atoms with Crippen LogP contribution >= 0.6 is 0 Å². The topological polar surface area (TPSA) is 55.1 Å². The highest BCUT2D eigenvalue weighted by molar-refractivity contribution is 6.62. The molecule has 1 saturated heterocycles. The summed E-state index contributed by atoms with van der Waals surface area (Å²) in [6.07, 6.45) is 2.81. The SMILES string of the molecule is CC1(C)OB(c2cccnc2CCC#N)OC1(C)C. The second-order valence-electron chi connectivity index (χ2n) is 5.79. The summed E-state index contributed by atoms with van der Waals surface area (Å²) < 4.78 is 12.1. The lowest BCUT2D eigenvalue weighted by Gasteiger charge is -2.32. The molecule has 1 aliphatic heterocycles. The van der Waals surface area contributed by atoms with E-state index in [0.29, 0.717) is 12.8 Å². The molecule has 1 aromatic rings. The average molecular weight is 258 g/mol. The molecule has 0 atom stereocenters. The zero-order valence-electron chi connectivity index (χ0n) is 11.9. The van der Waals surface area contributed by atoms with Crippen LogP contribution in [0.5, 0.6) is 0 Å². The van der Waals surface area contributed by atoms with E-state index in [9.17, 15) is 0 Å². The van der Waals surface area contributed by atoms with Crippen molar-refractivity contribution in [3.63, 3.8) is 0 Å². The molecule has 0 bridgehead atoms. The Morgan fingerprint density at radius 1 is 1.26 bits per heavy atom. The van der Waals surface area contributed by atoms with Crippen LogP contribution in [0.4, 0.5) is 0 Å². The van der Waals surface area contributed by atoms with Crippen LogP contribution in [0.15, 0.2) is 18.3 Å². The lowest BCUT2D eigenvalue weighted by atomic mass is 9.77. The molecule has 1 aliphatic rings. The maximum Gasteiger partial charge on any atom is 0.496 e. The first-order valence-corrected chi connectivity index (χ1v) is 6.54. The summed E-state index contributed by atoms with van der Waals surface area (Å²) in [6, 6.07) is 5.98. The minimum atomic E-state index is -0.410. The summed E-state index contributed by atoms with van der Waals surface area (Å²) in [5.41, 5.74) is 1.08. The van der Waals surface area contributed by atoms with Crippen molar-refractivity contribution in [3.8, 4) is 6.07 Å². The number of pyridine rings is 1. The van der Waals surface area contributed by atoms with Crippen molar-refractivity contribution in [1.29, 1.82) is 5.26 Å². The molecule has 1 fully saturated rings. The molecule has 100 valence electrons. The maximum absolute atomic E-state index is 8.71. The number of nitrogens with zero attached hydrogens (tertiary/aromatic N) is 2. The standard InChI is InChI=1S/C14H19BN2O2/c1-13(2)14(3,4)19-15(18-13)11-7-6-10-17-12(11)8-5-9-16/h6-7,10H,5,8H2,1-4H3. The van der Waals surface area contributed by atoms with Crippen molar-refractivity contribution in [3.05, 3.63) is 24.0 Å². The number of rotatable bonds is 3. The van der Waals surface area contributed by atoms with E-state index < -0.39 is 7.12 Å². The Kier molecular flexibility index (Phi) is 3.66. The van der Waals surface area contributed by atoms with E-state index in [1.807, 2.05) is 39.8 Å². The smallest absolute Gasteiger partial charge is 0.399 e. The summed E-state index contributed by atoms with van der Waals surface area (Å²) in [6.45, 7) is 8.10. The van der Waals surface area contributed by atoms with E-state index in [0.717, 1.165) is 11.2 Å². The highest BCUT2D eigenvalue weighted by Gasteiger charge is 2.52. The fraction of sp³-hybridized carbons (Fsp3) is 0.571. The zero-order valence-corrected chi connectivity index (χ0v) is 11.9. The molecule has 2 heterocycles. The monoisotopic (exact) mass is 258 g/mol. The van der Waals surface area contributed by atoms with Gasteiger partial charge < -0.3 is 9.31 Å². The Labute approximate surface area is 114 Å². The third-order valence-corrected chi connectivity index (χ3v) is 3.91. The Hall–Kier alpha value is -1.38. The van der Waals surface area contributed by atoms with Gasteiger partial charge in [-0.1, -0.05) is 6.07 Å². The minimum Gasteiger partial charge on any atom is -0.399 e. The summed E-state index contributed by atoms with van der Waals surface area (Å²) in [5.74, 6) is 0. The van der Waals surface area contributed by atoms with Gasteiger partial charge in [0, 0.05) is 30.2 Å². The molecule has 19 heavy (non-hydrogen) atoms. The van der Waals surface area contributed by atoms with Crippen LogP contribution < -0.4 is 5.46 Å².